The first-order valence-electron chi connectivity index (χ1n) is 6.00. The summed E-state index contributed by atoms with van der Waals surface area (Å²) in [5.41, 5.74) is 6.69. The van der Waals surface area contributed by atoms with Crippen molar-refractivity contribution in [3.05, 3.63) is 33.4 Å². The van der Waals surface area contributed by atoms with Crippen molar-refractivity contribution in [2.45, 2.75) is 41.5 Å². The average Bonchev–Trinajstić information content (AvgIpc) is 2.36. The SMILES string of the molecule is CC#Cc1c(C)c(C)c(C#CC)c(C#CC)c1C. The third kappa shape index (κ3) is 2.42. The Balaban J connectivity index is 3.87. The molecule has 0 saturated carbocycles. The lowest BCUT2D eigenvalue weighted by atomic mass is 9.88. The van der Waals surface area contributed by atoms with Gasteiger partial charge in [0.15, 0.2) is 0 Å². The first-order valence-corrected chi connectivity index (χ1v) is 6.00. The molecule has 0 atom stereocenters. The van der Waals surface area contributed by atoms with Crippen LogP contribution < -0.4 is 0 Å². The van der Waals surface area contributed by atoms with Gasteiger partial charge in [0.25, 0.3) is 0 Å². The normalized spacial score (nSPS) is 8.33. The van der Waals surface area contributed by atoms with Crippen LogP contribution in [0.15, 0.2) is 0 Å². The fourth-order valence-electron chi connectivity index (χ4n) is 2.03. The molecule has 1 aromatic rings. The Morgan fingerprint density at radius 1 is 0.500 bits per heavy atom. The monoisotopic (exact) mass is 234 g/mol. The summed E-state index contributed by atoms with van der Waals surface area (Å²) in [6, 6.07) is 0. The van der Waals surface area contributed by atoms with Gasteiger partial charge in [-0.2, -0.15) is 0 Å². The van der Waals surface area contributed by atoms with E-state index in [2.05, 4.69) is 56.3 Å². The van der Waals surface area contributed by atoms with Crippen LogP contribution in [-0.4, -0.2) is 0 Å². The van der Waals surface area contributed by atoms with Crippen molar-refractivity contribution < 1.29 is 0 Å². The van der Waals surface area contributed by atoms with E-state index >= 15 is 0 Å². The predicted molar refractivity (Wildman–Crippen MR) is 78.3 cm³/mol. The topological polar surface area (TPSA) is 0 Å². The second-order valence-electron chi connectivity index (χ2n) is 4.12. The molecule has 0 fully saturated rings. The molecule has 0 aliphatic carbocycles. The molecule has 0 heterocycles. The van der Waals surface area contributed by atoms with Gasteiger partial charge in [-0.3, -0.25) is 0 Å². The van der Waals surface area contributed by atoms with Crippen molar-refractivity contribution in [1.82, 2.24) is 0 Å². The first kappa shape index (κ1) is 14.0. The van der Waals surface area contributed by atoms with Gasteiger partial charge in [-0.05, 0) is 58.2 Å². The van der Waals surface area contributed by atoms with E-state index in [1.807, 2.05) is 20.8 Å². The maximum atomic E-state index is 3.19. The minimum atomic E-state index is 1.02. The third-order valence-corrected chi connectivity index (χ3v) is 3.06. The van der Waals surface area contributed by atoms with E-state index in [9.17, 15) is 0 Å². The van der Waals surface area contributed by atoms with Crippen LogP contribution in [0.1, 0.15) is 54.2 Å². The van der Waals surface area contributed by atoms with Gasteiger partial charge in [0.1, 0.15) is 0 Å². The van der Waals surface area contributed by atoms with Crippen LogP contribution in [0.4, 0.5) is 0 Å². The van der Waals surface area contributed by atoms with Gasteiger partial charge in [0.2, 0.25) is 0 Å². The van der Waals surface area contributed by atoms with Crippen LogP contribution >= 0.6 is 0 Å². The molecule has 0 unspecified atom stereocenters. The van der Waals surface area contributed by atoms with Crippen LogP contribution in [0, 0.1) is 56.3 Å². The predicted octanol–water partition coefficient (Wildman–Crippen LogP) is 3.73. The molecule has 0 radical (unpaired) electrons. The molecule has 0 aliphatic rings. The summed E-state index contributed by atoms with van der Waals surface area (Å²) < 4.78 is 0. The van der Waals surface area contributed by atoms with E-state index in [1.54, 1.807) is 0 Å². The zero-order chi connectivity index (χ0) is 13.7. The van der Waals surface area contributed by atoms with E-state index in [-0.39, 0.29) is 0 Å². The molecule has 0 spiro atoms. The fourth-order valence-corrected chi connectivity index (χ4v) is 2.03. The van der Waals surface area contributed by atoms with Gasteiger partial charge in [-0.15, -0.1) is 17.8 Å². The van der Waals surface area contributed by atoms with Crippen LogP contribution in [0.25, 0.3) is 0 Å². The maximum absolute atomic E-state index is 3.19. The number of hydrogen-bond donors (Lipinski definition) is 0. The summed E-state index contributed by atoms with van der Waals surface area (Å²) in [4.78, 5) is 0. The summed E-state index contributed by atoms with van der Waals surface area (Å²) in [7, 11) is 0. The lowest BCUT2D eigenvalue weighted by Gasteiger charge is -2.13. The Labute approximate surface area is 111 Å². The van der Waals surface area contributed by atoms with Gasteiger partial charge in [-0.25, -0.2) is 0 Å². The molecule has 1 rings (SSSR count). The van der Waals surface area contributed by atoms with E-state index in [4.69, 9.17) is 0 Å². The molecule has 0 bridgehead atoms. The fraction of sp³-hybridized carbons (Fsp3) is 0.333. The van der Waals surface area contributed by atoms with Crippen LogP contribution in [0.3, 0.4) is 0 Å². The summed E-state index contributed by atoms with van der Waals surface area (Å²) >= 11 is 0. The van der Waals surface area contributed by atoms with Gasteiger partial charge in [0.05, 0.1) is 0 Å². The zero-order valence-electron chi connectivity index (χ0n) is 12.0. The highest BCUT2D eigenvalue weighted by molar-refractivity contribution is 5.65. The summed E-state index contributed by atoms with van der Waals surface area (Å²) in [5, 5.41) is 0. The van der Waals surface area contributed by atoms with Crippen LogP contribution in [0.5, 0.6) is 0 Å². The van der Waals surface area contributed by atoms with Crippen molar-refractivity contribution in [3.8, 4) is 35.5 Å². The lowest BCUT2D eigenvalue weighted by Crippen LogP contribution is -2.01. The molecule has 0 N–H and O–H groups in total. The third-order valence-electron chi connectivity index (χ3n) is 3.06. The Bertz CT molecular complexity index is 654. The lowest BCUT2D eigenvalue weighted by molar-refractivity contribution is 1.24. The highest BCUT2D eigenvalue weighted by Gasteiger charge is 2.13. The molecule has 0 aliphatic heterocycles. The highest BCUT2D eigenvalue weighted by Crippen LogP contribution is 2.25. The van der Waals surface area contributed by atoms with Gasteiger partial charge >= 0.3 is 0 Å². The average molecular weight is 234 g/mol. The summed E-state index contributed by atoms with van der Waals surface area (Å²) in [6.45, 7) is 11.8. The summed E-state index contributed by atoms with van der Waals surface area (Å²) in [5.74, 6) is 18.5. The Morgan fingerprint density at radius 3 is 1.28 bits per heavy atom. The smallest absolute Gasteiger partial charge is 0.0446 e. The Kier molecular flexibility index (Phi) is 4.66. The standard InChI is InChI=1S/C18H18/c1-7-10-16-13(4)14(5)17(11-8-2)18(12-9-3)15(16)6/h1-6H3. The number of rotatable bonds is 0. The maximum Gasteiger partial charge on any atom is 0.0446 e. The number of hydrogen-bond acceptors (Lipinski definition) is 0. The second kappa shape index (κ2) is 6.00. The molecular formula is C18H18. The van der Waals surface area contributed by atoms with Crippen molar-refractivity contribution >= 4 is 0 Å². The van der Waals surface area contributed by atoms with Crippen molar-refractivity contribution in [2.75, 3.05) is 0 Å². The van der Waals surface area contributed by atoms with Crippen molar-refractivity contribution in [1.29, 1.82) is 0 Å². The van der Waals surface area contributed by atoms with E-state index in [1.165, 1.54) is 11.1 Å². The molecular weight excluding hydrogens is 216 g/mol. The minimum Gasteiger partial charge on any atom is -0.101 e. The van der Waals surface area contributed by atoms with Crippen molar-refractivity contribution in [2.24, 2.45) is 0 Å². The molecule has 18 heavy (non-hydrogen) atoms. The molecule has 1 aromatic carbocycles. The molecule has 0 amide bonds. The quantitative estimate of drug-likeness (QED) is 0.600. The Hall–Kier alpha value is -2.10. The van der Waals surface area contributed by atoms with E-state index < -0.39 is 0 Å². The minimum absolute atomic E-state index is 1.02. The molecule has 0 aromatic heterocycles. The first-order chi connectivity index (χ1) is 8.58. The Morgan fingerprint density at radius 2 is 0.833 bits per heavy atom. The molecule has 0 saturated heterocycles. The van der Waals surface area contributed by atoms with Gasteiger partial charge < -0.3 is 0 Å². The molecule has 0 heteroatoms. The number of benzene rings is 1. The van der Waals surface area contributed by atoms with Gasteiger partial charge in [-0.1, -0.05) is 17.8 Å². The van der Waals surface area contributed by atoms with E-state index in [0.717, 1.165) is 22.3 Å². The molecule has 0 nitrogen and oxygen atoms in total. The largest absolute Gasteiger partial charge is 0.101 e. The molecule has 90 valence electrons. The van der Waals surface area contributed by atoms with Gasteiger partial charge in [0, 0.05) is 16.7 Å². The van der Waals surface area contributed by atoms with E-state index in [0.29, 0.717) is 0 Å². The second-order valence-corrected chi connectivity index (χ2v) is 4.12. The zero-order valence-corrected chi connectivity index (χ0v) is 12.0. The van der Waals surface area contributed by atoms with Crippen LogP contribution in [0.2, 0.25) is 0 Å². The summed E-state index contributed by atoms with van der Waals surface area (Å²) in [6.07, 6.45) is 0. The van der Waals surface area contributed by atoms with Crippen molar-refractivity contribution in [3.63, 3.8) is 0 Å². The van der Waals surface area contributed by atoms with Crippen LogP contribution in [-0.2, 0) is 0 Å². The highest BCUT2D eigenvalue weighted by atomic mass is 14.1.